The molecule has 1 aliphatic heterocycles. The normalized spacial score (nSPS) is 14.2. The van der Waals surface area contributed by atoms with Gasteiger partial charge >= 0.3 is 0 Å². The predicted molar refractivity (Wildman–Crippen MR) is 122 cm³/mol. The zero-order valence-corrected chi connectivity index (χ0v) is 18.8. The number of hydrogen-bond donors (Lipinski definition) is 1. The van der Waals surface area contributed by atoms with E-state index in [-0.39, 0.29) is 24.2 Å². The lowest BCUT2D eigenvalue weighted by molar-refractivity contribution is -0.134. The number of pyridine rings is 1. The topological polar surface area (TPSA) is 110 Å². The maximum Gasteiger partial charge on any atom is 0.228 e. The SMILES string of the molecule is COc1ccc(-c2noc(CCC(=O)N3CCC(C(=O)Nc4cc(C)ccn4)CC3)n2)cc1. The molecule has 0 radical (unpaired) electrons. The number of nitrogens with one attached hydrogen (secondary N) is 1. The quantitative estimate of drug-likeness (QED) is 0.589. The van der Waals surface area contributed by atoms with E-state index < -0.39 is 0 Å². The maximum absolute atomic E-state index is 12.6. The smallest absolute Gasteiger partial charge is 0.228 e. The lowest BCUT2D eigenvalue weighted by atomic mass is 9.95. The minimum Gasteiger partial charge on any atom is -0.497 e. The van der Waals surface area contributed by atoms with Gasteiger partial charge in [0.05, 0.1) is 7.11 Å². The molecule has 0 bridgehead atoms. The molecule has 0 atom stereocenters. The fraction of sp³-hybridized carbons (Fsp3) is 0.375. The Morgan fingerprint density at radius 3 is 2.64 bits per heavy atom. The maximum atomic E-state index is 12.6. The first kappa shape index (κ1) is 22.4. The third kappa shape index (κ3) is 5.74. The molecule has 1 aliphatic rings. The fourth-order valence-corrected chi connectivity index (χ4v) is 3.81. The van der Waals surface area contributed by atoms with Crippen molar-refractivity contribution in [1.29, 1.82) is 0 Å². The van der Waals surface area contributed by atoms with Crippen molar-refractivity contribution in [1.82, 2.24) is 20.0 Å². The molecule has 172 valence electrons. The van der Waals surface area contributed by atoms with Crippen LogP contribution in [0.15, 0.2) is 47.1 Å². The second-order valence-electron chi connectivity index (χ2n) is 8.10. The average molecular weight is 450 g/mol. The molecule has 1 saturated heterocycles. The van der Waals surface area contributed by atoms with Crippen LogP contribution in [0.3, 0.4) is 0 Å². The summed E-state index contributed by atoms with van der Waals surface area (Å²) in [7, 11) is 1.61. The van der Waals surface area contributed by atoms with E-state index in [1.54, 1.807) is 18.2 Å². The summed E-state index contributed by atoms with van der Waals surface area (Å²) >= 11 is 0. The molecule has 2 amide bonds. The van der Waals surface area contributed by atoms with Crippen LogP contribution in [0.2, 0.25) is 0 Å². The van der Waals surface area contributed by atoms with Gasteiger partial charge in [0.1, 0.15) is 11.6 Å². The molecule has 0 saturated carbocycles. The summed E-state index contributed by atoms with van der Waals surface area (Å²) in [6, 6.07) is 11.1. The Balaban J connectivity index is 1.23. The first-order valence-corrected chi connectivity index (χ1v) is 11.0. The highest BCUT2D eigenvalue weighted by Crippen LogP contribution is 2.22. The number of piperidine rings is 1. The molecule has 33 heavy (non-hydrogen) atoms. The molecular formula is C24H27N5O4. The van der Waals surface area contributed by atoms with E-state index in [0.717, 1.165) is 16.9 Å². The Bertz CT molecular complexity index is 1100. The molecule has 1 fully saturated rings. The van der Waals surface area contributed by atoms with Gasteiger partial charge in [-0.2, -0.15) is 4.98 Å². The van der Waals surface area contributed by atoms with Crippen LogP contribution in [0.1, 0.15) is 30.7 Å². The highest BCUT2D eigenvalue weighted by Gasteiger charge is 2.27. The largest absolute Gasteiger partial charge is 0.497 e. The molecule has 0 unspecified atom stereocenters. The number of methoxy groups -OCH3 is 1. The zero-order valence-electron chi connectivity index (χ0n) is 18.8. The third-order valence-corrected chi connectivity index (χ3v) is 5.75. The van der Waals surface area contributed by atoms with Crippen LogP contribution in [-0.2, 0) is 16.0 Å². The summed E-state index contributed by atoms with van der Waals surface area (Å²) in [5.74, 6) is 2.08. The Kier molecular flexibility index (Phi) is 6.97. The molecule has 1 N–H and O–H groups in total. The molecular weight excluding hydrogens is 422 g/mol. The average Bonchev–Trinajstić information content (AvgIpc) is 3.32. The summed E-state index contributed by atoms with van der Waals surface area (Å²) in [5, 5.41) is 6.88. The van der Waals surface area contributed by atoms with Gasteiger partial charge in [0.2, 0.25) is 23.5 Å². The van der Waals surface area contributed by atoms with Gasteiger partial charge in [-0.1, -0.05) is 5.16 Å². The fourth-order valence-electron chi connectivity index (χ4n) is 3.81. The summed E-state index contributed by atoms with van der Waals surface area (Å²) in [6.07, 6.45) is 3.60. The highest BCUT2D eigenvalue weighted by atomic mass is 16.5. The minimum atomic E-state index is -0.126. The second-order valence-corrected chi connectivity index (χ2v) is 8.10. The summed E-state index contributed by atoms with van der Waals surface area (Å²) in [5.41, 5.74) is 1.86. The predicted octanol–water partition coefficient (Wildman–Crippen LogP) is 3.26. The van der Waals surface area contributed by atoms with Crippen LogP contribution in [0, 0.1) is 12.8 Å². The summed E-state index contributed by atoms with van der Waals surface area (Å²) in [6.45, 7) is 3.06. The number of amides is 2. The molecule has 4 rings (SSSR count). The van der Waals surface area contributed by atoms with Crippen molar-refractivity contribution in [3.63, 3.8) is 0 Å². The number of hydrogen-bond acceptors (Lipinski definition) is 7. The highest BCUT2D eigenvalue weighted by molar-refractivity contribution is 5.92. The molecule has 9 heteroatoms. The Hall–Kier alpha value is -3.75. The van der Waals surface area contributed by atoms with Crippen molar-refractivity contribution in [2.24, 2.45) is 5.92 Å². The number of benzene rings is 1. The Morgan fingerprint density at radius 2 is 1.94 bits per heavy atom. The number of likely N-dealkylation sites (tertiary alicyclic amines) is 1. The van der Waals surface area contributed by atoms with Gasteiger partial charge < -0.3 is 19.5 Å². The number of ether oxygens (including phenoxy) is 1. The van der Waals surface area contributed by atoms with Crippen molar-refractivity contribution in [3.05, 3.63) is 54.0 Å². The molecule has 3 heterocycles. The number of anilines is 1. The van der Waals surface area contributed by atoms with Crippen LogP contribution in [0.4, 0.5) is 5.82 Å². The van der Waals surface area contributed by atoms with Crippen molar-refractivity contribution in [2.45, 2.75) is 32.6 Å². The molecule has 1 aromatic carbocycles. The lowest BCUT2D eigenvalue weighted by Crippen LogP contribution is -2.41. The number of aryl methyl sites for hydroxylation is 2. The summed E-state index contributed by atoms with van der Waals surface area (Å²) in [4.78, 5) is 35.5. The first-order valence-electron chi connectivity index (χ1n) is 11.0. The van der Waals surface area contributed by atoms with Crippen LogP contribution in [0.25, 0.3) is 11.4 Å². The van der Waals surface area contributed by atoms with Crippen molar-refractivity contribution < 1.29 is 18.8 Å². The molecule has 3 aromatic rings. The van der Waals surface area contributed by atoms with Crippen molar-refractivity contribution in [3.8, 4) is 17.1 Å². The van der Waals surface area contributed by atoms with E-state index in [1.807, 2.05) is 43.3 Å². The van der Waals surface area contributed by atoms with E-state index in [2.05, 4.69) is 20.4 Å². The molecule has 2 aromatic heterocycles. The molecule has 9 nitrogen and oxygen atoms in total. The first-order chi connectivity index (χ1) is 16.0. The van der Waals surface area contributed by atoms with Crippen molar-refractivity contribution in [2.75, 3.05) is 25.5 Å². The Morgan fingerprint density at radius 1 is 1.18 bits per heavy atom. The van der Waals surface area contributed by atoms with Gasteiger partial charge in [0.25, 0.3) is 0 Å². The van der Waals surface area contributed by atoms with E-state index in [9.17, 15) is 9.59 Å². The molecule has 0 aliphatic carbocycles. The van der Waals surface area contributed by atoms with E-state index in [1.165, 1.54) is 0 Å². The lowest BCUT2D eigenvalue weighted by Gasteiger charge is -2.31. The van der Waals surface area contributed by atoms with Crippen LogP contribution < -0.4 is 10.1 Å². The van der Waals surface area contributed by atoms with Crippen molar-refractivity contribution >= 4 is 17.6 Å². The Labute approximate surface area is 192 Å². The second kappa shape index (κ2) is 10.2. The van der Waals surface area contributed by atoms with Gasteiger partial charge in [-0.3, -0.25) is 9.59 Å². The zero-order chi connectivity index (χ0) is 23.2. The summed E-state index contributed by atoms with van der Waals surface area (Å²) < 4.78 is 10.5. The van der Waals surface area contributed by atoms with Gasteiger partial charge in [-0.05, 0) is 61.7 Å². The van der Waals surface area contributed by atoms with Crippen LogP contribution >= 0.6 is 0 Å². The van der Waals surface area contributed by atoms with Gasteiger partial charge in [-0.15, -0.1) is 0 Å². The van der Waals surface area contributed by atoms with Crippen LogP contribution in [0.5, 0.6) is 5.75 Å². The van der Waals surface area contributed by atoms with E-state index in [0.29, 0.717) is 49.9 Å². The molecule has 0 spiro atoms. The number of carbonyl (C=O) groups excluding carboxylic acids is 2. The van der Waals surface area contributed by atoms with Gasteiger partial charge in [0.15, 0.2) is 0 Å². The minimum absolute atomic E-state index is 0.0263. The van der Waals surface area contributed by atoms with Crippen LogP contribution in [-0.4, -0.2) is 52.0 Å². The van der Waals surface area contributed by atoms with Gasteiger partial charge in [0, 0.05) is 43.6 Å². The van der Waals surface area contributed by atoms with E-state index in [4.69, 9.17) is 9.26 Å². The number of rotatable bonds is 7. The standard InChI is InChI=1S/C24H27N5O4/c1-16-9-12-25-20(15-16)26-24(31)18-10-13-29(14-11-18)22(30)8-7-21-27-23(28-33-21)17-3-5-19(32-2)6-4-17/h3-6,9,12,15,18H,7-8,10-11,13-14H2,1-2H3,(H,25,26,31). The monoisotopic (exact) mass is 449 g/mol. The number of nitrogens with zero attached hydrogens (tertiary/aromatic N) is 4. The third-order valence-electron chi connectivity index (χ3n) is 5.75. The van der Waals surface area contributed by atoms with E-state index >= 15 is 0 Å². The number of carbonyl (C=O) groups is 2. The van der Waals surface area contributed by atoms with Gasteiger partial charge in [-0.25, -0.2) is 4.98 Å². The number of aromatic nitrogens is 3.